The van der Waals surface area contributed by atoms with Crippen LogP contribution in [0.2, 0.25) is 0 Å². The SMILES string of the molecule is CC(C)[C@H](NC(=O)c1cccs1)C(=O)OCC(=O)N[C@H]1CCS(=O)(=O)C1. The van der Waals surface area contributed by atoms with Gasteiger partial charge in [-0.3, -0.25) is 9.59 Å². The number of sulfone groups is 1. The van der Waals surface area contributed by atoms with Crippen LogP contribution in [0.15, 0.2) is 17.5 Å². The number of hydrogen-bond acceptors (Lipinski definition) is 7. The van der Waals surface area contributed by atoms with E-state index in [1.54, 1.807) is 31.4 Å². The summed E-state index contributed by atoms with van der Waals surface area (Å²) in [5.74, 6) is -1.93. The average Bonchev–Trinajstić information content (AvgIpc) is 3.19. The molecule has 2 rings (SSSR count). The van der Waals surface area contributed by atoms with E-state index in [0.717, 1.165) is 0 Å². The zero-order valence-electron chi connectivity index (χ0n) is 14.6. The predicted molar refractivity (Wildman–Crippen MR) is 96.6 cm³/mol. The second kappa shape index (κ2) is 8.63. The molecule has 1 aliphatic heterocycles. The number of ether oxygens (including phenoxy) is 1. The molecule has 10 heteroatoms. The molecule has 1 aliphatic rings. The summed E-state index contributed by atoms with van der Waals surface area (Å²) in [5.41, 5.74) is 0. The van der Waals surface area contributed by atoms with Crippen LogP contribution in [0.1, 0.15) is 29.9 Å². The van der Waals surface area contributed by atoms with Gasteiger partial charge in [0, 0.05) is 6.04 Å². The van der Waals surface area contributed by atoms with Crippen molar-refractivity contribution in [1.82, 2.24) is 10.6 Å². The van der Waals surface area contributed by atoms with Gasteiger partial charge in [-0.15, -0.1) is 11.3 Å². The second-order valence-electron chi connectivity index (χ2n) is 6.45. The monoisotopic (exact) mass is 402 g/mol. The van der Waals surface area contributed by atoms with Crippen LogP contribution in [0.5, 0.6) is 0 Å². The van der Waals surface area contributed by atoms with E-state index < -0.39 is 40.4 Å². The first-order chi connectivity index (χ1) is 12.2. The van der Waals surface area contributed by atoms with E-state index in [-0.39, 0.29) is 23.3 Å². The second-order valence-corrected chi connectivity index (χ2v) is 9.62. The van der Waals surface area contributed by atoms with Crippen molar-refractivity contribution >= 4 is 39.0 Å². The molecule has 2 heterocycles. The first-order valence-corrected chi connectivity index (χ1v) is 10.9. The van der Waals surface area contributed by atoms with Crippen LogP contribution in [0, 0.1) is 5.92 Å². The van der Waals surface area contributed by atoms with Crippen molar-refractivity contribution in [1.29, 1.82) is 0 Å². The van der Waals surface area contributed by atoms with Crippen molar-refractivity contribution in [2.24, 2.45) is 5.92 Å². The third-order valence-electron chi connectivity index (χ3n) is 3.90. The first-order valence-electron chi connectivity index (χ1n) is 8.19. The Kier molecular flexibility index (Phi) is 6.76. The van der Waals surface area contributed by atoms with Crippen LogP contribution in [0.4, 0.5) is 0 Å². The van der Waals surface area contributed by atoms with Crippen molar-refractivity contribution in [2.75, 3.05) is 18.1 Å². The van der Waals surface area contributed by atoms with Crippen molar-refractivity contribution in [3.05, 3.63) is 22.4 Å². The molecular weight excluding hydrogens is 380 g/mol. The fraction of sp³-hybridized carbons (Fsp3) is 0.562. The fourth-order valence-corrected chi connectivity index (χ4v) is 4.82. The summed E-state index contributed by atoms with van der Waals surface area (Å²) >= 11 is 1.25. The molecule has 0 aliphatic carbocycles. The molecule has 0 bridgehead atoms. The Morgan fingerprint density at radius 2 is 2.08 bits per heavy atom. The maximum atomic E-state index is 12.2. The molecule has 0 unspecified atom stereocenters. The summed E-state index contributed by atoms with van der Waals surface area (Å²) in [6.45, 7) is 2.99. The molecule has 26 heavy (non-hydrogen) atoms. The molecule has 1 aromatic heterocycles. The first kappa shape index (κ1) is 20.4. The third-order valence-corrected chi connectivity index (χ3v) is 6.53. The van der Waals surface area contributed by atoms with Crippen LogP contribution in [0.3, 0.4) is 0 Å². The van der Waals surface area contributed by atoms with Gasteiger partial charge in [0.05, 0.1) is 16.4 Å². The van der Waals surface area contributed by atoms with Gasteiger partial charge in [-0.25, -0.2) is 13.2 Å². The molecule has 0 spiro atoms. The smallest absolute Gasteiger partial charge is 0.329 e. The highest BCUT2D eigenvalue weighted by atomic mass is 32.2. The van der Waals surface area contributed by atoms with Gasteiger partial charge in [-0.1, -0.05) is 19.9 Å². The van der Waals surface area contributed by atoms with E-state index in [1.807, 2.05) is 0 Å². The van der Waals surface area contributed by atoms with Crippen molar-refractivity contribution in [3.8, 4) is 0 Å². The topological polar surface area (TPSA) is 119 Å². The fourth-order valence-electron chi connectivity index (χ4n) is 2.52. The lowest BCUT2D eigenvalue weighted by molar-refractivity contribution is -0.151. The largest absolute Gasteiger partial charge is 0.454 e. The minimum atomic E-state index is -3.10. The number of esters is 1. The molecule has 2 N–H and O–H groups in total. The van der Waals surface area contributed by atoms with Gasteiger partial charge < -0.3 is 15.4 Å². The highest BCUT2D eigenvalue weighted by Crippen LogP contribution is 2.12. The normalized spacial score (nSPS) is 19.7. The number of rotatable bonds is 7. The number of thiophene rings is 1. The molecular formula is C16H22N2O6S2. The molecule has 0 radical (unpaired) electrons. The minimum absolute atomic E-state index is 0.0436. The Morgan fingerprint density at radius 1 is 1.35 bits per heavy atom. The van der Waals surface area contributed by atoms with E-state index >= 15 is 0 Å². The molecule has 2 amide bonds. The molecule has 1 fully saturated rings. The van der Waals surface area contributed by atoms with Crippen molar-refractivity contribution in [3.63, 3.8) is 0 Å². The van der Waals surface area contributed by atoms with Crippen molar-refractivity contribution < 1.29 is 27.5 Å². The lowest BCUT2D eigenvalue weighted by Gasteiger charge is -2.20. The van der Waals surface area contributed by atoms with Crippen LogP contribution >= 0.6 is 11.3 Å². The molecule has 1 saturated heterocycles. The van der Waals surface area contributed by atoms with Gasteiger partial charge >= 0.3 is 5.97 Å². The van der Waals surface area contributed by atoms with Crippen LogP contribution in [0.25, 0.3) is 0 Å². The molecule has 1 aromatic rings. The summed E-state index contributed by atoms with van der Waals surface area (Å²) in [5, 5.41) is 6.91. The molecule has 0 saturated carbocycles. The average molecular weight is 402 g/mol. The Morgan fingerprint density at radius 3 is 2.62 bits per heavy atom. The summed E-state index contributed by atoms with van der Waals surface area (Å²) in [6.07, 6.45) is 0.355. The summed E-state index contributed by atoms with van der Waals surface area (Å²) in [7, 11) is -3.10. The Bertz CT molecular complexity index is 758. The number of nitrogens with one attached hydrogen (secondary N) is 2. The lowest BCUT2D eigenvalue weighted by atomic mass is 10.0. The third kappa shape index (κ3) is 5.80. The van der Waals surface area contributed by atoms with Crippen LogP contribution in [-0.2, 0) is 24.2 Å². The summed E-state index contributed by atoms with van der Waals surface area (Å²) < 4.78 is 27.7. The van der Waals surface area contributed by atoms with Crippen LogP contribution in [-0.4, -0.2) is 56.4 Å². The Balaban J connectivity index is 1.83. The molecule has 144 valence electrons. The highest BCUT2D eigenvalue weighted by Gasteiger charge is 2.30. The van der Waals surface area contributed by atoms with Crippen LogP contribution < -0.4 is 10.6 Å². The van der Waals surface area contributed by atoms with Gasteiger partial charge in [-0.2, -0.15) is 0 Å². The maximum absolute atomic E-state index is 12.2. The highest BCUT2D eigenvalue weighted by molar-refractivity contribution is 7.91. The van der Waals surface area contributed by atoms with Gasteiger partial charge in [0.1, 0.15) is 6.04 Å². The zero-order chi connectivity index (χ0) is 19.3. The summed E-state index contributed by atoms with van der Waals surface area (Å²) in [4.78, 5) is 36.7. The minimum Gasteiger partial charge on any atom is -0.454 e. The molecule has 0 aromatic carbocycles. The Hall–Kier alpha value is -1.94. The predicted octanol–water partition coefficient (Wildman–Crippen LogP) is 0.349. The van der Waals surface area contributed by atoms with Gasteiger partial charge in [0.15, 0.2) is 16.4 Å². The van der Waals surface area contributed by atoms with E-state index in [4.69, 9.17) is 4.74 Å². The van der Waals surface area contributed by atoms with E-state index in [1.165, 1.54) is 11.3 Å². The number of amides is 2. The van der Waals surface area contributed by atoms with E-state index in [9.17, 15) is 22.8 Å². The molecule has 8 nitrogen and oxygen atoms in total. The molecule has 2 atom stereocenters. The summed E-state index contributed by atoms with van der Waals surface area (Å²) in [6, 6.07) is 2.04. The standard InChI is InChI=1S/C16H22N2O6S2/c1-10(2)14(18-15(20)12-4-3-6-25-12)16(21)24-8-13(19)17-11-5-7-26(22,23)9-11/h3-4,6,10-11,14H,5,7-9H2,1-2H3,(H,17,19)(H,18,20)/t11-,14-/m0/s1. The van der Waals surface area contributed by atoms with Gasteiger partial charge in [-0.05, 0) is 23.8 Å². The number of carbonyl (C=O) groups excluding carboxylic acids is 3. The Labute approximate surface area is 156 Å². The quantitative estimate of drug-likeness (QED) is 0.635. The zero-order valence-corrected chi connectivity index (χ0v) is 16.2. The van der Waals surface area contributed by atoms with E-state index in [0.29, 0.717) is 11.3 Å². The number of carbonyl (C=O) groups is 3. The van der Waals surface area contributed by atoms with Gasteiger partial charge in [0.25, 0.3) is 11.8 Å². The van der Waals surface area contributed by atoms with Crippen molar-refractivity contribution in [2.45, 2.75) is 32.4 Å². The van der Waals surface area contributed by atoms with Gasteiger partial charge in [0.2, 0.25) is 0 Å². The number of hydrogen-bond donors (Lipinski definition) is 2. The lowest BCUT2D eigenvalue weighted by Crippen LogP contribution is -2.46. The van der Waals surface area contributed by atoms with E-state index in [2.05, 4.69) is 10.6 Å². The maximum Gasteiger partial charge on any atom is 0.329 e.